The molecule has 0 radical (unpaired) electrons. The zero-order chi connectivity index (χ0) is 20.9. The number of aromatic nitrogens is 1. The van der Waals surface area contributed by atoms with Gasteiger partial charge >= 0.3 is 0 Å². The summed E-state index contributed by atoms with van der Waals surface area (Å²) in [6.07, 6.45) is 2.75. The second-order valence-electron chi connectivity index (χ2n) is 7.56. The van der Waals surface area contributed by atoms with Crippen LogP contribution in [-0.2, 0) is 11.2 Å². The monoisotopic (exact) mass is 410 g/mol. The topological polar surface area (TPSA) is 60.6 Å². The number of aromatic amines is 1. The number of piperazine rings is 1. The van der Waals surface area contributed by atoms with Crippen molar-refractivity contribution < 1.29 is 13.9 Å². The second-order valence-corrected chi connectivity index (χ2v) is 7.56. The molecule has 6 nitrogen and oxygen atoms in total. The molecular formula is C23H27FN4O2. The SMILES string of the molecule is COc1ccc2[nH]cc(CCNC(=O)CN3CCN(c4ccc(F)cc4)CC3)c2c1. The van der Waals surface area contributed by atoms with Gasteiger partial charge in [-0.05, 0) is 54.4 Å². The molecule has 1 fully saturated rings. The molecule has 0 saturated carbocycles. The number of ether oxygens (including phenoxy) is 1. The van der Waals surface area contributed by atoms with E-state index in [-0.39, 0.29) is 11.7 Å². The summed E-state index contributed by atoms with van der Waals surface area (Å²) in [5, 5.41) is 4.16. The molecule has 1 saturated heterocycles. The Bertz CT molecular complexity index is 994. The Morgan fingerprint density at radius 3 is 2.63 bits per heavy atom. The molecule has 2 N–H and O–H groups in total. The molecule has 2 aromatic carbocycles. The Kier molecular flexibility index (Phi) is 6.18. The lowest BCUT2D eigenvalue weighted by molar-refractivity contribution is -0.122. The van der Waals surface area contributed by atoms with Crippen molar-refractivity contribution in [3.8, 4) is 5.75 Å². The number of anilines is 1. The van der Waals surface area contributed by atoms with Crippen molar-refractivity contribution in [2.75, 3.05) is 51.3 Å². The van der Waals surface area contributed by atoms with Gasteiger partial charge in [-0.1, -0.05) is 0 Å². The molecule has 1 amide bonds. The van der Waals surface area contributed by atoms with Crippen molar-refractivity contribution in [1.29, 1.82) is 0 Å². The van der Waals surface area contributed by atoms with Gasteiger partial charge in [0.05, 0.1) is 13.7 Å². The summed E-state index contributed by atoms with van der Waals surface area (Å²) < 4.78 is 18.4. The molecule has 1 aliphatic rings. The van der Waals surface area contributed by atoms with Gasteiger partial charge in [0.15, 0.2) is 0 Å². The number of benzene rings is 2. The van der Waals surface area contributed by atoms with E-state index < -0.39 is 0 Å². The van der Waals surface area contributed by atoms with E-state index in [4.69, 9.17) is 4.74 Å². The summed E-state index contributed by atoms with van der Waals surface area (Å²) in [5.41, 5.74) is 3.25. The standard InChI is InChI=1S/C23H27FN4O2/c1-30-20-6-7-22-21(14-20)17(15-26-22)8-9-25-23(29)16-27-10-12-28(13-11-27)19-4-2-18(24)3-5-19/h2-7,14-15,26H,8-13,16H2,1H3,(H,25,29). The van der Waals surface area contributed by atoms with Gasteiger partial charge in [-0.3, -0.25) is 9.69 Å². The first-order valence-corrected chi connectivity index (χ1v) is 10.3. The van der Waals surface area contributed by atoms with Crippen LogP contribution in [0, 0.1) is 5.82 Å². The van der Waals surface area contributed by atoms with Crippen molar-refractivity contribution >= 4 is 22.5 Å². The van der Waals surface area contributed by atoms with Crippen LogP contribution in [0.1, 0.15) is 5.56 Å². The number of hydrogen-bond donors (Lipinski definition) is 2. The van der Waals surface area contributed by atoms with Crippen LogP contribution >= 0.6 is 0 Å². The molecule has 158 valence electrons. The maximum Gasteiger partial charge on any atom is 0.234 e. The van der Waals surface area contributed by atoms with Crippen molar-refractivity contribution in [3.63, 3.8) is 0 Å². The average Bonchev–Trinajstić information content (AvgIpc) is 3.17. The molecule has 7 heteroatoms. The number of halogens is 1. The third kappa shape index (κ3) is 4.74. The summed E-state index contributed by atoms with van der Waals surface area (Å²) in [4.78, 5) is 20.0. The molecule has 30 heavy (non-hydrogen) atoms. The van der Waals surface area contributed by atoms with E-state index in [1.165, 1.54) is 12.1 Å². The van der Waals surface area contributed by atoms with E-state index in [9.17, 15) is 9.18 Å². The maximum atomic E-state index is 13.1. The molecule has 0 unspecified atom stereocenters. The number of carbonyl (C=O) groups is 1. The van der Waals surface area contributed by atoms with E-state index in [1.54, 1.807) is 19.2 Å². The maximum absolute atomic E-state index is 13.1. The summed E-state index contributed by atoms with van der Waals surface area (Å²) in [6, 6.07) is 12.5. The Balaban J connectivity index is 1.22. The number of rotatable bonds is 7. The molecule has 2 heterocycles. The lowest BCUT2D eigenvalue weighted by Gasteiger charge is -2.35. The average molecular weight is 410 g/mol. The predicted molar refractivity (Wildman–Crippen MR) is 117 cm³/mol. The summed E-state index contributed by atoms with van der Waals surface area (Å²) >= 11 is 0. The van der Waals surface area contributed by atoms with Crippen LogP contribution < -0.4 is 15.0 Å². The molecule has 0 atom stereocenters. The van der Waals surface area contributed by atoms with E-state index in [0.717, 1.165) is 60.5 Å². The zero-order valence-electron chi connectivity index (χ0n) is 17.2. The predicted octanol–water partition coefficient (Wildman–Crippen LogP) is 2.80. The van der Waals surface area contributed by atoms with Gasteiger partial charge in [0.1, 0.15) is 11.6 Å². The molecule has 0 aliphatic carbocycles. The number of amides is 1. The minimum Gasteiger partial charge on any atom is -0.497 e. The number of H-pyrrole nitrogens is 1. The highest BCUT2D eigenvalue weighted by atomic mass is 19.1. The molecule has 3 aromatic rings. The summed E-state index contributed by atoms with van der Waals surface area (Å²) in [6.45, 7) is 4.28. The largest absolute Gasteiger partial charge is 0.497 e. The molecular weight excluding hydrogens is 383 g/mol. The Hall–Kier alpha value is -3.06. The van der Waals surface area contributed by atoms with Gasteiger partial charge in [0, 0.05) is 55.5 Å². The number of nitrogens with one attached hydrogen (secondary N) is 2. The first-order valence-electron chi connectivity index (χ1n) is 10.3. The molecule has 0 bridgehead atoms. The number of methoxy groups -OCH3 is 1. The minimum absolute atomic E-state index is 0.0441. The van der Waals surface area contributed by atoms with Gasteiger partial charge in [-0.25, -0.2) is 4.39 Å². The van der Waals surface area contributed by atoms with Crippen LogP contribution in [0.4, 0.5) is 10.1 Å². The number of fused-ring (bicyclic) bond motifs is 1. The van der Waals surface area contributed by atoms with E-state index in [1.807, 2.05) is 24.4 Å². The van der Waals surface area contributed by atoms with Gasteiger partial charge in [0.25, 0.3) is 0 Å². The first-order chi connectivity index (χ1) is 14.6. The minimum atomic E-state index is -0.221. The van der Waals surface area contributed by atoms with Crippen molar-refractivity contribution in [3.05, 3.63) is 60.0 Å². The number of hydrogen-bond acceptors (Lipinski definition) is 4. The third-order valence-corrected chi connectivity index (χ3v) is 5.62. The van der Waals surface area contributed by atoms with Crippen molar-refractivity contribution in [2.24, 2.45) is 0 Å². The van der Waals surface area contributed by atoms with Gasteiger partial charge in [-0.2, -0.15) is 0 Å². The summed E-state index contributed by atoms with van der Waals surface area (Å²) in [5.74, 6) is 0.649. The first kappa shape index (κ1) is 20.2. The molecule has 1 aliphatic heterocycles. The van der Waals surface area contributed by atoms with E-state index in [2.05, 4.69) is 20.1 Å². The Morgan fingerprint density at radius 1 is 1.13 bits per heavy atom. The molecule has 1 aromatic heterocycles. The molecule has 4 rings (SSSR count). The van der Waals surface area contributed by atoms with Crippen LogP contribution in [0.5, 0.6) is 5.75 Å². The van der Waals surface area contributed by atoms with E-state index in [0.29, 0.717) is 13.1 Å². The van der Waals surface area contributed by atoms with Crippen LogP contribution in [-0.4, -0.2) is 62.2 Å². The second kappa shape index (κ2) is 9.17. The third-order valence-electron chi connectivity index (χ3n) is 5.62. The quantitative estimate of drug-likeness (QED) is 0.629. The fourth-order valence-corrected chi connectivity index (χ4v) is 3.90. The lowest BCUT2D eigenvalue weighted by Crippen LogP contribution is -2.49. The van der Waals surface area contributed by atoms with Crippen molar-refractivity contribution in [1.82, 2.24) is 15.2 Å². The Morgan fingerprint density at radius 2 is 1.90 bits per heavy atom. The van der Waals surface area contributed by atoms with Crippen LogP contribution in [0.2, 0.25) is 0 Å². The highest BCUT2D eigenvalue weighted by Gasteiger charge is 2.19. The lowest BCUT2D eigenvalue weighted by atomic mass is 10.1. The van der Waals surface area contributed by atoms with Gasteiger partial charge in [-0.15, -0.1) is 0 Å². The highest BCUT2D eigenvalue weighted by molar-refractivity contribution is 5.84. The van der Waals surface area contributed by atoms with Crippen LogP contribution in [0.25, 0.3) is 10.9 Å². The number of carbonyl (C=O) groups excluding carboxylic acids is 1. The fourth-order valence-electron chi connectivity index (χ4n) is 3.90. The van der Waals surface area contributed by atoms with Crippen LogP contribution in [0.3, 0.4) is 0 Å². The molecule has 0 spiro atoms. The van der Waals surface area contributed by atoms with Crippen molar-refractivity contribution in [2.45, 2.75) is 6.42 Å². The number of nitrogens with zero attached hydrogens (tertiary/aromatic N) is 2. The van der Waals surface area contributed by atoms with Gasteiger partial charge in [0.2, 0.25) is 5.91 Å². The zero-order valence-corrected chi connectivity index (χ0v) is 17.2. The normalized spacial score (nSPS) is 14.8. The summed E-state index contributed by atoms with van der Waals surface area (Å²) in [7, 11) is 1.66. The fraction of sp³-hybridized carbons (Fsp3) is 0.348. The van der Waals surface area contributed by atoms with Crippen LogP contribution in [0.15, 0.2) is 48.7 Å². The highest BCUT2D eigenvalue weighted by Crippen LogP contribution is 2.23. The van der Waals surface area contributed by atoms with Gasteiger partial charge < -0.3 is 19.9 Å². The van der Waals surface area contributed by atoms with E-state index >= 15 is 0 Å². The Labute approximate surface area is 175 Å². The smallest absolute Gasteiger partial charge is 0.234 e.